The highest BCUT2D eigenvalue weighted by Crippen LogP contribution is 2.30. The van der Waals surface area contributed by atoms with Crippen LogP contribution < -0.4 is 5.32 Å². The first-order valence-corrected chi connectivity index (χ1v) is 6.25. The van der Waals surface area contributed by atoms with Crippen LogP contribution in [0.15, 0.2) is 36.8 Å². The molecule has 4 nitrogen and oxygen atoms in total. The molecule has 0 saturated carbocycles. The standard InChI is InChI=1S/C14H14N4/c1-2-10(9-4-6-15-11(9)3-1)13-14-12(5-7-16-13)17-8-18-14/h1-4,6,8,13,15-16H,5,7H2,(H,17,18)/t13-/m0/s1. The zero-order chi connectivity index (χ0) is 11.9. The highest BCUT2D eigenvalue weighted by molar-refractivity contribution is 5.83. The Hall–Kier alpha value is -2.07. The summed E-state index contributed by atoms with van der Waals surface area (Å²) in [6.45, 7) is 0.987. The molecule has 0 amide bonds. The van der Waals surface area contributed by atoms with Gasteiger partial charge in [0.2, 0.25) is 0 Å². The van der Waals surface area contributed by atoms with Gasteiger partial charge in [0.1, 0.15) is 0 Å². The van der Waals surface area contributed by atoms with Crippen LogP contribution >= 0.6 is 0 Å². The van der Waals surface area contributed by atoms with E-state index in [1.807, 2.05) is 6.20 Å². The van der Waals surface area contributed by atoms with Gasteiger partial charge < -0.3 is 15.3 Å². The van der Waals surface area contributed by atoms with Crippen molar-refractivity contribution in [2.75, 3.05) is 6.54 Å². The molecular weight excluding hydrogens is 224 g/mol. The van der Waals surface area contributed by atoms with Crippen molar-refractivity contribution in [1.29, 1.82) is 0 Å². The lowest BCUT2D eigenvalue weighted by atomic mass is 9.95. The summed E-state index contributed by atoms with van der Waals surface area (Å²) in [5, 5.41) is 4.83. The Morgan fingerprint density at radius 1 is 1.17 bits per heavy atom. The second-order valence-corrected chi connectivity index (χ2v) is 4.69. The summed E-state index contributed by atoms with van der Waals surface area (Å²) in [5.41, 5.74) is 4.86. The van der Waals surface area contributed by atoms with Crippen molar-refractivity contribution in [3.8, 4) is 0 Å². The Kier molecular flexibility index (Phi) is 2.04. The molecule has 18 heavy (non-hydrogen) atoms. The normalized spacial score (nSPS) is 19.0. The number of benzene rings is 1. The maximum Gasteiger partial charge on any atom is 0.0926 e. The van der Waals surface area contributed by atoms with Crippen LogP contribution in [0.2, 0.25) is 0 Å². The van der Waals surface area contributed by atoms with Crippen molar-refractivity contribution in [2.24, 2.45) is 0 Å². The Balaban J connectivity index is 1.92. The molecule has 0 spiro atoms. The molecule has 0 saturated heterocycles. The highest BCUT2D eigenvalue weighted by Gasteiger charge is 2.24. The summed E-state index contributed by atoms with van der Waals surface area (Å²) in [4.78, 5) is 11.0. The van der Waals surface area contributed by atoms with Gasteiger partial charge in [0.15, 0.2) is 0 Å². The van der Waals surface area contributed by atoms with Gasteiger partial charge in [-0.3, -0.25) is 0 Å². The molecule has 2 aromatic heterocycles. The lowest BCUT2D eigenvalue weighted by molar-refractivity contribution is 0.556. The van der Waals surface area contributed by atoms with E-state index in [-0.39, 0.29) is 6.04 Å². The molecule has 90 valence electrons. The van der Waals surface area contributed by atoms with Crippen LogP contribution in [0.25, 0.3) is 10.9 Å². The smallest absolute Gasteiger partial charge is 0.0926 e. The van der Waals surface area contributed by atoms with E-state index >= 15 is 0 Å². The first-order valence-electron chi connectivity index (χ1n) is 6.25. The van der Waals surface area contributed by atoms with Crippen molar-refractivity contribution in [3.05, 3.63) is 53.7 Å². The van der Waals surface area contributed by atoms with Gasteiger partial charge in [-0.1, -0.05) is 12.1 Å². The quantitative estimate of drug-likeness (QED) is 0.608. The molecule has 1 aliphatic rings. The van der Waals surface area contributed by atoms with Crippen LogP contribution in [-0.4, -0.2) is 21.5 Å². The molecule has 3 aromatic rings. The number of nitrogens with zero attached hydrogens (tertiary/aromatic N) is 1. The van der Waals surface area contributed by atoms with E-state index in [2.05, 4.69) is 44.5 Å². The van der Waals surface area contributed by atoms with Crippen molar-refractivity contribution in [2.45, 2.75) is 12.5 Å². The number of hydrogen-bond donors (Lipinski definition) is 3. The van der Waals surface area contributed by atoms with Crippen LogP contribution in [0.3, 0.4) is 0 Å². The number of H-pyrrole nitrogens is 2. The predicted molar refractivity (Wildman–Crippen MR) is 70.4 cm³/mol. The zero-order valence-electron chi connectivity index (χ0n) is 9.90. The maximum atomic E-state index is 4.48. The number of aromatic amines is 2. The van der Waals surface area contributed by atoms with Crippen molar-refractivity contribution in [1.82, 2.24) is 20.3 Å². The SMILES string of the molecule is c1cc([C@@H]2NCCc3[nH]cnc32)c2cc[nH]c2c1. The fraction of sp³-hybridized carbons (Fsp3) is 0.214. The second-order valence-electron chi connectivity index (χ2n) is 4.69. The van der Waals surface area contributed by atoms with E-state index in [1.54, 1.807) is 6.33 Å². The number of hydrogen-bond acceptors (Lipinski definition) is 2. The molecule has 0 aliphatic carbocycles. The number of fused-ring (bicyclic) bond motifs is 2. The topological polar surface area (TPSA) is 56.5 Å². The molecule has 4 heteroatoms. The van der Waals surface area contributed by atoms with Gasteiger partial charge in [-0.15, -0.1) is 0 Å². The second kappa shape index (κ2) is 3.71. The molecule has 4 rings (SSSR count). The predicted octanol–water partition coefficient (Wildman–Crippen LogP) is 2.13. The molecule has 0 unspecified atom stereocenters. The molecule has 0 bridgehead atoms. The molecule has 3 heterocycles. The molecule has 0 radical (unpaired) electrons. The fourth-order valence-electron chi connectivity index (χ4n) is 2.84. The Labute approximate surface area is 104 Å². The molecule has 1 aliphatic heterocycles. The lowest BCUT2D eigenvalue weighted by Gasteiger charge is -2.24. The van der Waals surface area contributed by atoms with Crippen LogP contribution in [0.1, 0.15) is 23.0 Å². The van der Waals surface area contributed by atoms with Gasteiger partial charge >= 0.3 is 0 Å². The van der Waals surface area contributed by atoms with E-state index in [9.17, 15) is 0 Å². The van der Waals surface area contributed by atoms with Crippen LogP contribution in [0.4, 0.5) is 0 Å². The monoisotopic (exact) mass is 238 g/mol. The molecule has 1 aromatic carbocycles. The van der Waals surface area contributed by atoms with E-state index < -0.39 is 0 Å². The van der Waals surface area contributed by atoms with Gasteiger partial charge in [-0.05, 0) is 17.7 Å². The Morgan fingerprint density at radius 2 is 2.17 bits per heavy atom. The molecule has 0 fully saturated rings. The van der Waals surface area contributed by atoms with Crippen molar-refractivity contribution in [3.63, 3.8) is 0 Å². The number of aromatic nitrogens is 3. The van der Waals surface area contributed by atoms with Crippen molar-refractivity contribution < 1.29 is 0 Å². The first kappa shape index (κ1) is 9.91. The third kappa shape index (κ3) is 1.32. The summed E-state index contributed by atoms with van der Waals surface area (Å²) in [6, 6.07) is 8.70. The summed E-state index contributed by atoms with van der Waals surface area (Å²) in [5.74, 6) is 0. The lowest BCUT2D eigenvalue weighted by Crippen LogP contribution is -2.30. The van der Waals surface area contributed by atoms with Gasteiger partial charge in [-0.25, -0.2) is 4.98 Å². The minimum absolute atomic E-state index is 0.194. The number of nitrogens with one attached hydrogen (secondary N) is 3. The molecular formula is C14H14N4. The van der Waals surface area contributed by atoms with Gasteiger partial charge in [0.05, 0.1) is 18.1 Å². The summed E-state index contributed by atoms with van der Waals surface area (Å²) in [6.07, 6.45) is 4.80. The van der Waals surface area contributed by atoms with Crippen LogP contribution in [0.5, 0.6) is 0 Å². The Morgan fingerprint density at radius 3 is 3.17 bits per heavy atom. The fourth-order valence-corrected chi connectivity index (χ4v) is 2.84. The minimum atomic E-state index is 0.194. The summed E-state index contributed by atoms with van der Waals surface area (Å²) in [7, 11) is 0. The van der Waals surface area contributed by atoms with Crippen molar-refractivity contribution >= 4 is 10.9 Å². The average molecular weight is 238 g/mol. The third-order valence-electron chi connectivity index (χ3n) is 3.69. The largest absolute Gasteiger partial charge is 0.361 e. The summed E-state index contributed by atoms with van der Waals surface area (Å²) >= 11 is 0. The van der Waals surface area contributed by atoms with E-state index in [1.165, 1.54) is 22.2 Å². The van der Waals surface area contributed by atoms with Gasteiger partial charge in [0, 0.05) is 35.8 Å². The van der Waals surface area contributed by atoms with E-state index in [4.69, 9.17) is 0 Å². The molecule has 1 atom stereocenters. The van der Waals surface area contributed by atoms with Gasteiger partial charge in [-0.2, -0.15) is 0 Å². The minimum Gasteiger partial charge on any atom is -0.361 e. The summed E-state index contributed by atoms with van der Waals surface area (Å²) < 4.78 is 0. The molecule has 3 N–H and O–H groups in total. The van der Waals surface area contributed by atoms with Gasteiger partial charge in [0.25, 0.3) is 0 Å². The maximum absolute atomic E-state index is 4.48. The average Bonchev–Trinajstić information content (AvgIpc) is 3.06. The zero-order valence-corrected chi connectivity index (χ0v) is 9.90. The van der Waals surface area contributed by atoms with Crippen LogP contribution in [-0.2, 0) is 6.42 Å². The number of rotatable bonds is 1. The Bertz CT molecular complexity index is 694. The van der Waals surface area contributed by atoms with E-state index in [0.717, 1.165) is 18.7 Å². The number of imidazole rings is 1. The third-order valence-corrected chi connectivity index (χ3v) is 3.69. The van der Waals surface area contributed by atoms with E-state index in [0.29, 0.717) is 0 Å². The van der Waals surface area contributed by atoms with Crippen LogP contribution in [0, 0.1) is 0 Å². The first-order chi connectivity index (χ1) is 8.93. The highest BCUT2D eigenvalue weighted by atomic mass is 15.0.